The van der Waals surface area contributed by atoms with E-state index in [0.29, 0.717) is 24.2 Å². The Bertz CT molecular complexity index is 469. The van der Waals surface area contributed by atoms with E-state index in [2.05, 4.69) is 15.9 Å². The lowest BCUT2D eigenvalue weighted by atomic mass is 9.64. The number of carboxylic acids is 1. The van der Waals surface area contributed by atoms with Gasteiger partial charge < -0.3 is 9.84 Å². The third kappa shape index (κ3) is 1.82. The predicted molar refractivity (Wildman–Crippen MR) is 63.8 cm³/mol. The van der Waals surface area contributed by atoms with Crippen LogP contribution in [0.15, 0.2) is 16.6 Å². The van der Waals surface area contributed by atoms with E-state index in [1.54, 1.807) is 0 Å². The maximum atomic E-state index is 13.4. The zero-order valence-electron chi connectivity index (χ0n) is 9.30. The molecule has 0 heterocycles. The fourth-order valence-electron chi connectivity index (χ4n) is 2.20. The van der Waals surface area contributed by atoms with Crippen molar-refractivity contribution in [2.45, 2.75) is 24.7 Å². The van der Waals surface area contributed by atoms with Crippen molar-refractivity contribution in [3.8, 4) is 5.75 Å². The average Bonchev–Trinajstić information content (AvgIpc) is 2.20. The van der Waals surface area contributed by atoms with Crippen LogP contribution in [-0.2, 0) is 10.2 Å². The van der Waals surface area contributed by atoms with Crippen molar-refractivity contribution >= 4 is 21.9 Å². The van der Waals surface area contributed by atoms with Crippen LogP contribution in [0.25, 0.3) is 0 Å². The zero-order valence-corrected chi connectivity index (χ0v) is 10.9. The summed E-state index contributed by atoms with van der Waals surface area (Å²) in [6, 6.07) is 2.74. The summed E-state index contributed by atoms with van der Waals surface area (Å²) in [5.41, 5.74) is -0.367. The van der Waals surface area contributed by atoms with Gasteiger partial charge in [-0.2, -0.15) is 0 Å². The van der Waals surface area contributed by atoms with Crippen LogP contribution in [0.5, 0.6) is 5.75 Å². The second kappa shape index (κ2) is 4.29. The quantitative estimate of drug-likeness (QED) is 0.933. The van der Waals surface area contributed by atoms with E-state index < -0.39 is 17.2 Å². The maximum absolute atomic E-state index is 13.4. The van der Waals surface area contributed by atoms with Crippen LogP contribution < -0.4 is 4.74 Å². The van der Waals surface area contributed by atoms with Crippen LogP contribution in [0, 0.1) is 5.82 Å². The first-order chi connectivity index (χ1) is 8.01. The number of benzene rings is 1. The summed E-state index contributed by atoms with van der Waals surface area (Å²) in [6.07, 6.45) is 2.00. The second-order valence-electron chi connectivity index (χ2n) is 4.21. The monoisotopic (exact) mass is 302 g/mol. The molecule has 1 aliphatic carbocycles. The number of hydrogen-bond donors (Lipinski definition) is 1. The molecule has 1 aliphatic rings. The van der Waals surface area contributed by atoms with E-state index in [1.807, 2.05) is 0 Å². The van der Waals surface area contributed by atoms with Gasteiger partial charge in [-0.05, 0) is 34.8 Å². The third-order valence-corrected chi connectivity index (χ3v) is 3.98. The van der Waals surface area contributed by atoms with Crippen LogP contribution in [-0.4, -0.2) is 18.2 Å². The number of methoxy groups -OCH3 is 1. The number of carboxylic acid groups (broad SMARTS) is 1. The minimum absolute atomic E-state index is 0.265. The molecule has 0 aromatic heterocycles. The van der Waals surface area contributed by atoms with Gasteiger partial charge in [-0.3, -0.25) is 4.79 Å². The number of hydrogen-bond acceptors (Lipinski definition) is 2. The lowest BCUT2D eigenvalue weighted by molar-refractivity contribution is -0.147. The van der Waals surface area contributed by atoms with Crippen molar-refractivity contribution in [2.75, 3.05) is 7.11 Å². The van der Waals surface area contributed by atoms with E-state index >= 15 is 0 Å². The average molecular weight is 303 g/mol. The molecule has 0 atom stereocenters. The highest BCUT2D eigenvalue weighted by atomic mass is 79.9. The highest BCUT2D eigenvalue weighted by Gasteiger charge is 2.48. The fraction of sp³-hybridized carbons (Fsp3) is 0.417. The first kappa shape index (κ1) is 12.4. The molecule has 0 aliphatic heterocycles. The van der Waals surface area contributed by atoms with E-state index in [9.17, 15) is 14.3 Å². The molecule has 1 saturated carbocycles. The number of aliphatic carboxylic acids is 1. The topological polar surface area (TPSA) is 46.5 Å². The highest BCUT2D eigenvalue weighted by Crippen LogP contribution is 2.48. The summed E-state index contributed by atoms with van der Waals surface area (Å²) in [6.45, 7) is 0. The Morgan fingerprint density at radius 1 is 1.53 bits per heavy atom. The molecule has 92 valence electrons. The van der Waals surface area contributed by atoms with Crippen LogP contribution in [0.4, 0.5) is 4.39 Å². The summed E-state index contributed by atoms with van der Waals surface area (Å²) in [5.74, 6) is -1.03. The largest absolute Gasteiger partial charge is 0.496 e. The molecular weight excluding hydrogens is 291 g/mol. The van der Waals surface area contributed by atoms with Gasteiger partial charge in [0.15, 0.2) is 0 Å². The van der Waals surface area contributed by atoms with Gasteiger partial charge in [0.1, 0.15) is 11.6 Å². The summed E-state index contributed by atoms with van der Waals surface area (Å²) < 4.78 is 18.7. The maximum Gasteiger partial charge on any atom is 0.314 e. The SMILES string of the molecule is COc1cc(F)c(Br)cc1C1(C(=O)O)CCC1. The molecular formula is C12H12BrFO3. The van der Waals surface area contributed by atoms with E-state index in [0.717, 1.165) is 6.42 Å². The fourth-order valence-corrected chi connectivity index (χ4v) is 2.54. The summed E-state index contributed by atoms with van der Waals surface area (Å²) >= 11 is 3.08. The Morgan fingerprint density at radius 2 is 2.18 bits per heavy atom. The molecule has 0 unspecified atom stereocenters. The molecule has 1 aromatic carbocycles. The zero-order chi connectivity index (χ0) is 12.6. The molecule has 1 aromatic rings. The Morgan fingerprint density at radius 3 is 2.59 bits per heavy atom. The van der Waals surface area contributed by atoms with Crippen molar-refractivity contribution in [1.82, 2.24) is 0 Å². The number of rotatable bonds is 3. The molecule has 0 spiro atoms. The van der Waals surface area contributed by atoms with Crippen molar-refractivity contribution < 1.29 is 19.0 Å². The van der Waals surface area contributed by atoms with Gasteiger partial charge in [0.25, 0.3) is 0 Å². The van der Waals surface area contributed by atoms with Gasteiger partial charge in [0.05, 0.1) is 17.0 Å². The van der Waals surface area contributed by atoms with E-state index in [1.165, 1.54) is 19.2 Å². The van der Waals surface area contributed by atoms with Gasteiger partial charge in [-0.1, -0.05) is 6.42 Å². The Labute approximate surface area is 107 Å². The van der Waals surface area contributed by atoms with Gasteiger partial charge in [-0.15, -0.1) is 0 Å². The van der Waals surface area contributed by atoms with Crippen LogP contribution in [0.1, 0.15) is 24.8 Å². The standard InChI is InChI=1S/C12H12BrFO3/c1-17-10-6-9(14)8(13)5-7(10)12(11(15)16)3-2-4-12/h5-6H,2-4H2,1H3,(H,15,16). The molecule has 2 rings (SSSR count). The number of halogens is 2. The summed E-state index contributed by atoms with van der Waals surface area (Å²) in [7, 11) is 1.42. The van der Waals surface area contributed by atoms with Crippen molar-refractivity contribution in [3.05, 3.63) is 28.0 Å². The molecule has 0 bridgehead atoms. The van der Waals surface area contributed by atoms with Gasteiger partial charge in [0, 0.05) is 11.6 Å². The van der Waals surface area contributed by atoms with E-state index in [-0.39, 0.29) is 4.47 Å². The van der Waals surface area contributed by atoms with Crippen LogP contribution >= 0.6 is 15.9 Å². The van der Waals surface area contributed by atoms with Gasteiger partial charge >= 0.3 is 5.97 Å². The smallest absolute Gasteiger partial charge is 0.314 e. The highest BCUT2D eigenvalue weighted by molar-refractivity contribution is 9.10. The van der Waals surface area contributed by atoms with Gasteiger partial charge in [0.2, 0.25) is 0 Å². The molecule has 0 saturated heterocycles. The molecule has 0 radical (unpaired) electrons. The minimum Gasteiger partial charge on any atom is -0.496 e. The first-order valence-corrected chi connectivity index (χ1v) is 6.07. The third-order valence-electron chi connectivity index (χ3n) is 3.37. The first-order valence-electron chi connectivity index (χ1n) is 5.28. The lowest BCUT2D eigenvalue weighted by Crippen LogP contribution is -2.42. The molecule has 0 amide bonds. The summed E-state index contributed by atoms with van der Waals surface area (Å²) in [4.78, 5) is 11.4. The second-order valence-corrected chi connectivity index (χ2v) is 5.06. The Hall–Kier alpha value is -1.10. The predicted octanol–water partition coefficient (Wildman–Crippen LogP) is 3.10. The van der Waals surface area contributed by atoms with Gasteiger partial charge in [-0.25, -0.2) is 4.39 Å². The normalized spacial score (nSPS) is 17.4. The number of carbonyl (C=O) groups is 1. The van der Waals surface area contributed by atoms with E-state index in [4.69, 9.17) is 4.74 Å². The van der Waals surface area contributed by atoms with Crippen LogP contribution in [0.3, 0.4) is 0 Å². The molecule has 1 fully saturated rings. The molecule has 3 nitrogen and oxygen atoms in total. The van der Waals surface area contributed by atoms with Crippen molar-refractivity contribution in [2.24, 2.45) is 0 Å². The minimum atomic E-state index is -0.915. The van der Waals surface area contributed by atoms with Crippen molar-refractivity contribution in [1.29, 1.82) is 0 Å². The molecule has 17 heavy (non-hydrogen) atoms. The van der Waals surface area contributed by atoms with Crippen LogP contribution in [0.2, 0.25) is 0 Å². The Balaban J connectivity index is 2.57. The molecule has 5 heteroatoms. The lowest BCUT2D eigenvalue weighted by Gasteiger charge is -2.38. The van der Waals surface area contributed by atoms with Crippen molar-refractivity contribution in [3.63, 3.8) is 0 Å². The Kier molecular flexibility index (Phi) is 3.12. The molecule has 1 N–H and O–H groups in total. The number of ether oxygens (including phenoxy) is 1. The summed E-state index contributed by atoms with van der Waals surface area (Å²) in [5, 5.41) is 9.35.